The van der Waals surface area contributed by atoms with E-state index in [9.17, 15) is 0 Å². The topological polar surface area (TPSA) is 21.3 Å². The van der Waals surface area contributed by atoms with Gasteiger partial charge in [0.05, 0.1) is 12.7 Å². The van der Waals surface area contributed by atoms with E-state index in [0.29, 0.717) is 6.04 Å². The fourth-order valence-corrected chi connectivity index (χ4v) is 3.47. The molecule has 1 aromatic carbocycles. The smallest absolute Gasteiger partial charge is 0.0952 e. The summed E-state index contributed by atoms with van der Waals surface area (Å²) in [4.78, 5) is 0. The van der Waals surface area contributed by atoms with Crippen molar-refractivity contribution in [3.05, 3.63) is 57.8 Å². The molecule has 20 heavy (non-hydrogen) atoms. The zero-order valence-corrected chi connectivity index (χ0v) is 12.7. The molecular formula is C17H21NOS. The Morgan fingerprint density at radius 2 is 2.25 bits per heavy atom. The van der Waals surface area contributed by atoms with Gasteiger partial charge in [0.25, 0.3) is 0 Å². The molecular weight excluding hydrogens is 266 g/mol. The summed E-state index contributed by atoms with van der Waals surface area (Å²) in [5, 5.41) is 7.98. The highest BCUT2D eigenvalue weighted by Gasteiger charge is 2.20. The van der Waals surface area contributed by atoms with E-state index in [0.717, 1.165) is 26.0 Å². The second-order valence-electron chi connectivity index (χ2n) is 5.45. The van der Waals surface area contributed by atoms with Crippen LogP contribution in [-0.2, 0) is 17.6 Å². The molecule has 1 aliphatic rings. The van der Waals surface area contributed by atoms with Crippen LogP contribution in [0.5, 0.6) is 0 Å². The van der Waals surface area contributed by atoms with Crippen LogP contribution in [0.3, 0.4) is 0 Å². The molecule has 0 radical (unpaired) electrons. The van der Waals surface area contributed by atoms with Gasteiger partial charge in [-0.1, -0.05) is 24.3 Å². The predicted octanol–water partition coefficient (Wildman–Crippen LogP) is 3.58. The zero-order valence-electron chi connectivity index (χ0n) is 11.8. The lowest BCUT2D eigenvalue weighted by atomic mass is 9.97. The van der Waals surface area contributed by atoms with Gasteiger partial charge >= 0.3 is 0 Å². The van der Waals surface area contributed by atoms with Gasteiger partial charge in [-0.15, -0.1) is 0 Å². The molecule has 2 unspecified atom stereocenters. The van der Waals surface area contributed by atoms with Crippen LogP contribution in [0.4, 0.5) is 0 Å². The normalized spacial score (nSPS) is 19.6. The van der Waals surface area contributed by atoms with E-state index < -0.39 is 0 Å². The molecule has 3 rings (SSSR count). The largest absolute Gasteiger partial charge is 0.372 e. The number of rotatable bonds is 5. The second-order valence-corrected chi connectivity index (χ2v) is 6.23. The van der Waals surface area contributed by atoms with Crippen LogP contribution in [0.2, 0.25) is 0 Å². The van der Waals surface area contributed by atoms with Crippen molar-refractivity contribution in [3.63, 3.8) is 0 Å². The van der Waals surface area contributed by atoms with Crippen LogP contribution in [0, 0.1) is 0 Å². The molecule has 106 valence electrons. The molecule has 1 aliphatic heterocycles. The predicted molar refractivity (Wildman–Crippen MR) is 84.3 cm³/mol. The van der Waals surface area contributed by atoms with E-state index in [1.165, 1.54) is 16.7 Å². The number of hydrogen-bond donors (Lipinski definition) is 1. The second kappa shape index (κ2) is 6.53. The molecule has 1 aromatic heterocycles. The minimum Gasteiger partial charge on any atom is -0.372 e. The summed E-state index contributed by atoms with van der Waals surface area (Å²) >= 11 is 1.77. The Morgan fingerprint density at radius 3 is 3.10 bits per heavy atom. The first-order valence-corrected chi connectivity index (χ1v) is 8.21. The van der Waals surface area contributed by atoms with Crippen molar-refractivity contribution in [3.8, 4) is 0 Å². The van der Waals surface area contributed by atoms with Crippen LogP contribution >= 0.6 is 11.3 Å². The number of benzene rings is 1. The lowest BCUT2D eigenvalue weighted by Crippen LogP contribution is -2.34. The molecule has 1 N–H and O–H groups in total. The first-order valence-electron chi connectivity index (χ1n) is 7.27. The molecule has 0 bridgehead atoms. The van der Waals surface area contributed by atoms with Gasteiger partial charge in [0.1, 0.15) is 0 Å². The summed E-state index contributed by atoms with van der Waals surface area (Å²) in [5.41, 5.74) is 4.21. The number of hydrogen-bond acceptors (Lipinski definition) is 3. The molecule has 2 atom stereocenters. The molecule has 2 nitrogen and oxygen atoms in total. The Labute approximate surface area is 124 Å². The number of nitrogens with one attached hydrogen (secondary N) is 1. The highest BCUT2D eigenvalue weighted by molar-refractivity contribution is 7.07. The van der Waals surface area contributed by atoms with Gasteiger partial charge in [-0.2, -0.15) is 11.3 Å². The molecule has 0 saturated carbocycles. The van der Waals surface area contributed by atoms with Crippen molar-refractivity contribution in [2.75, 3.05) is 13.2 Å². The first kappa shape index (κ1) is 13.8. The maximum atomic E-state index is 5.93. The number of ether oxygens (including phenoxy) is 1. The van der Waals surface area contributed by atoms with Gasteiger partial charge in [0, 0.05) is 12.6 Å². The van der Waals surface area contributed by atoms with Crippen molar-refractivity contribution >= 4 is 11.3 Å². The molecule has 0 spiro atoms. The van der Waals surface area contributed by atoms with Crippen LogP contribution in [0.15, 0.2) is 41.1 Å². The van der Waals surface area contributed by atoms with Gasteiger partial charge in [-0.3, -0.25) is 0 Å². The maximum absolute atomic E-state index is 5.93. The fraction of sp³-hybridized carbons (Fsp3) is 0.412. The van der Waals surface area contributed by atoms with Crippen molar-refractivity contribution in [2.45, 2.75) is 31.9 Å². The Bertz CT molecular complexity index is 538. The monoisotopic (exact) mass is 287 g/mol. The Kier molecular flexibility index (Phi) is 4.51. The van der Waals surface area contributed by atoms with Crippen molar-refractivity contribution in [2.24, 2.45) is 0 Å². The van der Waals surface area contributed by atoms with E-state index in [-0.39, 0.29) is 6.10 Å². The third-order valence-corrected chi connectivity index (χ3v) is 4.60. The Hall–Kier alpha value is -1.16. The first-order chi connectivity index (χ1) is 9.83. The molecule has 2 aromatic rings. The highest BCUT2D eigenvalue weighted by Crippen LogP contribution is 2.26. The van der Waals surface area contributed by atoms with E-state index in [2.05, 4.69) is 53.3 Å². The number of fused-ring (bicyclic) bond motifs is 1. The number of thiophene rings is 1. The van der Waals surface area contributed by atoms with E-state index in [1.807, 2.05) is 0 Å². The van der Waals surface area contributed by atoms with Crippen molar-refractivity contribution in [1.29, 1.82) is 0 Å². The quantitative estimate of drug-likeness (QED) is 0.907. The van der Waals surface area contributed by atoms with Gasteiger partial charge < -0.3 is 10.1 Å². The van der Waals surface area contributed by atoms with Gasteiger partial charge in [0.2, 0.25) is 0 Å². The zero-order chi connectivity index (χ0) is 13.8. The standard InChI is InChI=1S/C17H21NOS/c1-13(10-14-7-9-20-12-14)18-11-17-16-5-3-2-4-15(16)6-8-19-17/h2-5,7,9,12-13,17-18H,6,8,10-11H2,1H3. The molecule has 0 aliphatic carbocycles. The Morgan fingerprint density at radius 1 is 1.35 bits per heavy atom. The van der Waals surface area contributed by atoms with E-state index in [1.54, 1.807) is 11.3 Å². The maximum Gasteiger partial charge on any atom is 0.0952 e. The lowest BCUT2D eigenvalue weighted by Gasteiger charge is -2.27. The van der Waals surface area contributed by atoms with Gasteiger partial charge in [0.15, 0.2) is 0 Å². The third-order valence-electron chi connectivity index (χ3n) is 3.87. The molecule has 2 heterocycles. The molecule has 3 heteroatoms. The SMILES string of the molecule is CC(Cc1ccsc1)NCC1OCCc2ccccc21. The summed E-state index contributed by atoms with van der Waals surface area (Å²) in [6, 6.07) is 11.3. The summed E-state index contributed by atoms with van der Waals surface area (Å²) < 4.78 is 5.93. The average molecular weight is 287 g/mol. The minimum absolute atomic E-state index is 0.199. The molecule has 0 saturated heterocycles. The summed E-state index contributed by atoms with van der Waals surface area (Å²) in [6.07, 6.45) is 2.32. The minimum atomic E-state index is 0.199. The van der Waals surface area contributed by atoms with Crippen LogP contribution < -0.4 is 5.32 Å². The molecule has 0 fully saturated rings. The summed E-state index contributed by atoms with van der Waals surface area (Å²) in [5.74, 6) is 0. The summed E-state index contributed by atoms with van der Waals surface area (Å²) in [7, 11) is 0. The van der Waals surface area contributed by atoms with Crippen molar-refractivity contribution < 1.29 is 4.74 Å². The van der Waals surface area contributed by atoms with Crippen molar-refractivity contribution in [1.82, 2.24) is 5.32 Å². The van der Waals surface area contributed by atoms with Crippen LogP contribution in [-0.4, -0.2) is 19.2 Å². The highest BCUT2D eigenvalue weighted by atomic mass is 32.1. The Balaban J connectivity index is 1.56. The van der Waals surface area contributed by atoms with Crippen LogP contribution in [0.1, 0.15) is 29.7 Å². The lowest BCUT2D eigenvalue weighted by molar-refractivity contribution is 0.0410. The third kappa shape index (κ3) is 3.29. The van der Waals surface area contributed by atoms with Gasteiger partial charge in [-0.25, -0.2) is 0 Å². The van der Waals surface area contributed by atoms with Crippen LogP contribution in [0.25, 0.3) is 0 Å². The van der Waals surface area contributed by atoms with Gasteiger partial charge in [-0.05, 0) is 53.3 Å². The molecule has 0 amide bonds. The fourth-order valence-electron chi connectivity index (χ4n) is 2.79. The average Bonchev–Trinajstić information content (AvgIpc) is 2.98. The van der Waals surface area contributed by atoms with E-state index in [4.69, 9.17) is 4.74 Å². The summed E-state index contributed by atoms with van der Waals surface area (Å²) in [6.45, 7) is 3.97. The van der Waals surface area contributed by atoms with E-state index >= 15 is 0 Å².